The lowest BCUT2D eigenvalue weighted by molar-refractivity contribution is -0.142. The van der Waals surface area contributed by atoms with Gasteiger partial charge in [-0.25, -0.2) is 14.6 Å². The van der Waals surface area contributed by atoms with Gasteiger partial charge in [-0.3, -0.25) is 18.6 Å². The summed E-state index contributed by atoms with van der Waals surface area (Å²) in [6.45, 7) is 4.37. The van der Waals surface area contributed by atoms with Gasteiger partial charge in [-0.1, -0.05) is 35.5 Å². The van der Waals surface area contributed by atoms with Gasteiger partial charge in [0.15, 0.2) is 15.9 Å². The second kappa shape index (κ2) is 12.9. The topological polar surface area (TPSA) is 181 Å². The molecule has 0 saturated carbocycles. The summed E-state index contributed by atoms with van der Waals surface area (Å²) in [5, 5.41) is 11.9. The van der Waals surface area contributed by atoms with Crippen LogP contribution in [0.15, 0.2) is 18.5 Å². The van der Waals surface area contributed by atoms with E-state index in [1.54, 1.807) is 20.2 Å². The van der Waals surface area contributed by atoms with Gasteiger partial charge in [-0.15, -0.1) is 0 Å². The van der Waals surface area contributed by atoms with Crippen LogP contribution in [0.2, 0.25) is 5.15 Å². The highest BCUT2D eigenvalue weighted by atomic mass is 35.5. The lowest BCUT2D eigenvalue weighted by Gasteiger charge is -2.24. The summed E-state index contributed by atoms with van der Waals surface area (Å²) in [6, 6.07) is -1.09. The van der Waals surface area contributed by atoms with E-state index in [-0.39, 0.29) is 53.7 Å². The Morgan fingerprint density at radius 1 is 1.37 bits per heavy atom. The maximum absolute atomic E-state index is 13.5. The summed E-state index contributed by atoms with van der Waals surface area (Å²) >= 11 is 7.08. The summed E-state index contributed by atoms with van der Waals surface area (Å²) in [5.74, 6) is -0.564. The number of aliphatic hydroxyl groups excluding tert-OH is 1. The Hall–Kier alpha value is -2.06. The number of thioether (sulfide) groups is 1. The number of nitrogens with one attached hydrogen (secondary N) is 1. The van der Waals surface area contributed by atoms with E-state index in [2.05, 4.69) is 20.0 Å². The second-order valence-electron chi connectivity index (χ2n) is 9.32. The molecule has 4 atom stereocenters. The van der Waals surface area contributed by atoms with Gasteiger partial charge in [0.1, 0.15) is 11.6 Å². The molecule has 0 fully saturated rings. The summed E-state index contributed by atoms with van der Waals surface area (Å²) in [6.07, 6.45) is 6.05. The van der Waals surface area contributed by atoms with Crippen LogP contribution in [-0.2, 0) is 27.9 Å². The average molecular weight is 591 g/mol. The first-order chi connectivity index (χ1) is 17.9. The molecule has 0 aliphatic heterocycles. The number of aliphatic hydroxyl groups is 1. The van der Waals surface area contributed by atoms with Crippen molar-refractivity contribution in [3.63, 3.8) is 0 Å². The molecule has 2 heterocycles. The van der Waals surface area contributed by atoms with E-state index in [0.717, 1.165) is 11.8 Å². The number of aromatic nitrogens is 4. The first-order valence-corrected chi connectivity index (χ1v) is 14.7. The highest BCUT2D eigenvalue weighted by Gasteiger charge is 2.33. The van der Waals surface area contributed by atoms with E-state index in [1.165, 1.54) is 14.0 Å². The minimum Gasteiger partial charge on any atom is -0.468 e. The lowest BCUT2D eigenvalue weighted by Crippen LogP contribution is -2.34. The number of carbonyl (C=O) groups excluding carboxylic acids is 2. The largest absolute Gasteiger partial charge is 0.468 e. The zero-order valence-corrected chi connectivity index (χ0v) is 24.0. The van der Waals surface area contributed by atoms with Crippen LogP contribution in [0.25, 0.3) is 11.2 Å². The summed E-state index contributed by atoms with van der Waals surface area (Å²) in [4.78, 5) is 36.5. The van der Waals surface area contributed by atoms with E-state index in [9.17, 15) is 19.3 Å². The maximum Gasteiger partial charge on any atom is 0.406 e. The molecule has 0 radical (unpaired) electrons. The molecule has 210 valence electrons. The zero-order chi connectivity index (χ0) is 28.1. The number of hydrogen-bond acceptors (Lipinski definition) is 12. The van der Waals surface area contributed by atoms with Crippen molar-refractivity contribution in [2.45, 2.75) is 39.3 Å². The number of carbonyl (C=O) groups is 2. The van der Waals surface area contributed by atoms with Crippen LogP contribution in [0, 0.1) is 11.3 Å². The van der Waals surface area contributed by atoms with Crippen LogP contribution in [0.1, 0.15) is 33.2 Å². The molecule has 16 heteroatoms. The van der Waals surface area contributed by atoms with Crippen molar-refractivity contribution < 1.29 is 33.0 Å². The number of nitrogen functional groups attached to an aromatic ring is 1. The van der Waals surface area contributed by atoms with Gasteiger partial charge in [-0.05, 0) is 27.2 Å². The fraction of sp³-hybridized carbons (Fsp3) is 0.591. The van der Waals surface area contributed by atoms with Gasteiger partial charge in [0.2, 0.25) is 5.95 Å². The quantitative estimate of drug-likeness (QED) is 0.102. The molecule has 2 aromatic heterocycles. The summed E-state index contributed by atoms with van der Waals surface area (Å²) < 4.78 is 31.2. The summed E-state index contributed by atoms with van der Waals surface area (Å²) in [7, 11) is -2.75. The third kappa shape index (κ3) is 7.53. The molecule has 0 bridgehead atoms. The normalized spacial score (nSPS) is 19.9. The van der Waals surface area contributed by atoms with Crippen molar-refractivity contribution in [2.24, 2.45) is 11.3 Å². The number of rotatable bonds is 13. The van der Waals surface area contributed by atoms with Crippen LogP contribution in [0.4, 0.5) is 5.95 Å². The first kappa shape index (κ1) is 30.5. The minimum absolute atomic E-state index is 0.0271. The second-order valence-corrected chi connectivity index (χ2v) is 12.5. The molecule has 0 amide bonds. The Labute approximate surface area is 229 Å². The number of allylic oxidation sites excluding steroid dienone is 1. The van der Waals surface area contributed by atoms with E-state index >= 15 is 0 Å². The van der Waals surface area contributed by atoms with Gasteiger partial charge in [0.25, 0.3) is 0 Å². The standard InChI is InChI=1S/C22H32ClN6O7PS/c1-13(19(31)34-4)28-37(33,35-7-8-38-20(32)22(2,3)11-30)36-10-14-5-6-15(9-14)29-12-25-16-17(23)26-21(24)27-18(16)29/h5-6,12-15,30H,7-11H2,1-4H3,(H,28,33)(H2,24,26,27)/t13-,14+,15-,37?/m0/s1. The number of methoxy groups -OCH3 is 1. The van der Waals surface area contributed by atoms with Crippen LogP contribution >= 0.6 is 31.1 Å². The van der Waals surface area contributed by atoms with E-state index in [0.29, 0.717) is 17.6 Å². The number of anilines is 1. The van der Waals surface area contributed by atoms with Crippen molar-refractivity contribution in [3.8, 4) is 0 Å². The molecule has 1 unspecified atom stereocenters. The van der Waals surface area contributed by atoms with E-state index in [4.69, 9.17) is 31.1 Å². The highest BCUT2D eigenvalue weighted by molar-refractivity contribution is 8.13. The molecule has 1 aliphatic rings. The van der Waals surface area contributed by atoms with Crippen LogP contribution < -0.4 is 10.8 Å². The third-order valence-electron chi connectivity index (χ3n) is 5.79. The number of nitrogens with zero attached hydrogens (tertiary/aromatic N) is 4. The molecule has 1 aliphatic carbocycles. The Balaban J connectivity index is 1.62. The number of imidazole rings is 1. The van der Waals surface area contributed by atoms with E-state index < -0.39 is 25.2 Å². The van der Waals surface area contributed by atoms with Gasteiger partial charge in [0, 0.05) is 11.7 Å². The lowest BCUT2D eigenvalue weighted by atomic mass is 9.97. The number of fused-ring (bicyclic) bond motifs is 1. The van der Waals surface area contributed by atoms with Crippen molar-refractivity contribution in [1.29, 1.82) is 0 Å². The molecule has 0 saturated heterocycles. The van der Waals surface area contributed by atoms with Gasteiger partial charge in [-0.2, -0.15) is 9.97 Å². The van der Waals surface area contributed by atoms with Crippen LogP contribution in [0.3, 0.4) is 0 Å². The molecule has 0 spiro atoms. The number of nitrogens with two attached hydrogens (primary N) is 1. The molecular formula is C22H32ClN6O7PS. The van der Waals surface area contributed by atoms with Gasteiger partial charge < -0.3 is 20.1 Å². The number of esters is 1. The number of halogens is 1. The maximum atomic E-state index is 13.5. The van der Waals surface area contributed by atoms with Crippen LogP contribution in [0.5, 0.6) is 0 Å². The first-order valence-electron chi connectivity index (χ1n) is 11.8. The Kier molecular flexibility index (Phi) is 10.3. The molecule has 0 aromatic carbocycles. The highest BCUT2D eigenvalue weighted by Crippen LogP contribution is 2.46. The fourth-order valence-corrected chi connectivity index (χ4v) is 6.22. The number of hydrogen-bond donors (Lipinski definition) is 3. The third-order valence-corrected chi connectivity index (χ3v) is 8.96. The Bertz CT molecular complexity index is 1240. The molecule has 4 N–H and O–H groups in total. The average Bonchev–Trinajstić information content (AvgIpc) is 3.51. The van der Waals surface area contributed by atoms with Crippen molar-refractivity contribution in [2.75, 3.05) is 38.4 Å². The fourth-order valence-electron chi connectivity index (χ4n) is 3.55. The Morgan fingerprint density at radius 2 is 2.11 bits per heavy atom. The molecule has 2 aromatic rings. The minimum atomic E-state index is -3.97. The molecule has 13 nitrogen and oxygen atoms in total. The molecular weight excluding hydrogens is 559 g/mol. The smallest absolute Gasteiger partial charge is 0.406 e. The monoisotopic (exact) mass is 590 g/mol. The predicted octanol–water partition coefficient (Wildman–Crippen LogP) is 2.75. The van der Waals surface area contributed by atoms with Crippen LogP contribution in [-0.4, -0.2) is 74.4 Å². The SMILES string of the molecule is COC(=O)[C@H](C)NP(=O)(OCCSC(=O)C(C)(C)CO)OC[C@@H]1C=C[C@H](n2cnc3c(Cl)nc(N)nc32)C1. The zero-order valence-electron chi connectivity index (χ0n) is 21.5. The summed E-state index contributed by atoms with van der Waals surface area (Å²) in [5.41, 5.74) is 5.77. The van der Waals surface area contributed by atoms with Crippen molar-refractivity contribution >= 4 is 59.3 Å². The Morgan fingerprint density at radius 3 is 2.79 bits per heavy atom. The van der Waals surface area contributed by atoms with Crippen molar-refractivity contribution in [3.05, 3.63) is 23.6 Å². The predicted molar refractivity (Wildman–Crippen MR) is 143 cm³/mol. The van der Waals surface area contributed by atoms with E-state index in [1.807, 2.05) is 16.7 Å². The molecule has 3 rings (SSSR count). The van der Waals surface area contributed by atoms with Crippen molar-refractivity contribution in [1.82, 2.24) is 24.6 Å². The van der Waals surface area contributed by atoms with Gasteiger partial charge in [0.05, 0.1) is 44.7 Å². The number of ether oxygens (including phenoxy) is 1. The molecule has 38 heavy (non-hydrogen) atoms. The van der Waals surface area contributed by atoms with Gasteiger partial charge >= 0.3 is 13.7 Å².